The molecular weight excluding hydrogens is 308 g/mol. The average molecular weight is 324 g/mol. The number of esters is 1. The van der Waals surface area contributed by atoms with Gasteiger partial charge in [0.2, 0.25) is 0 Å². The number of nitrogens with zero attached hydrogens (tertiary/aromatic N) is 1. The van der Waals surface area contributed by atoms with Crippen LogP contribution in [0.2, 0.25) is 0 Å². The van der Waals surface area contributed by atoms with E-state index in [0.29, 0.717) is 17.0 Å². The SMILES string of the molecule is COc1ccccc1C(=O)O[C@H](C)C(=O)Nc1ccccc1C#N. The zero-order valence-corrected chi connectivity index (χ0v) is 13.3. The zero-order chi connectivity index (χ0) is 17.5. The highest BCUT2D eigenvalue weighted by atomic mass is 16.5. The van der Waals surface area contributed by atoms with Crippen LogP contribution in [0.3, 0.4) is 0 Å². The van der Waals surface area contributed by atoms with Gasteiger partial charge in [0, 0.05) is 0 Å². The first-order chi connectivity index (χ1) is 11.6. The monoisotopic (exact) mass is 324 g/mol. The number of para-hydroxylation sites is 2. The van der Waals surface area contributed by atoms with Gasteiger partial charge in [0.15, 0.2) is 6.10 Å². The summed E-state index contributed by atoms with van der Waals surface area (Å²) in [4.78, 5) is 24.4. The number of hydrogen-bond acceptors (Lipinski definition) is 5. The van der Waals surface area contributed by atoms with Gasteiger partial charge in [-0.25, -0.2) is 4.79 Å². The van der Waals surface area contributed by atoms with Gasteiger partial charge < -0.3 is 14.8 Å². The van der Waals surface area contributed by atoms with Crippen LogP contribution >= 0.6 is 0 Å². The maximum absolute atomic E-state index is 12.2. The summed E-state index contributed by atoms with van der Waals surface area (Å²) >= 11 is 0. The van der Waals surface area contributed by atoms with Crippen molar-refractivity contribution in [3.8, 4) is 11.8 Å². The molecule has 2 aromatic carbocycles. The molecule has 1 atom stereocenters. The highest BCUT2D eigenvalue weighted by Gasteiger charge is 2.21. The summed E-state index contributed by atoms with van der Waals surface area (Å²) in [5.74, 6) is -0.824. The molecule has 0 spiro atoms. The fourth-order valence-corrected chi connectivity index (χ4v) is 2.01. The second-order valence-electron chi connectivity index (χ2n) is 4.89. The number of hydrogen-bond donors (Lipinski definition) is 1. The van der Waals surface area contributed by atoms with Crippen molar-refractivity contribution in [2.75, 3.05) is 12.4 Å². The quantitative estimate of drug-likeness (QED) is 0.854. The van der Waals surface area contributed by atoms with Crippen LogP contribution in [-0.2, 0) is 9.53 Å². The van der Waals surface area contributed by atoms with Crippen molar-refractivity contribution in [1.29, 1.82) is 5.26 Å². The Morgan fingerprint density at radius 1 is 1.12 bits per heavy atom. The molecule has 2 aromatic rings. The third-order valence-corrected chi connectivity index (χ3v) is 3.29. The standard InChI is InChI=1S/C18H16N2O4/c1-12(17(21)20-15-9-5-3-7-13(15)11-19)24-18(22)14-8-4-6-10-16(14)23-2/h3-10,12H,1-2H3,(H,20,21)/t12-/m1/s1. The third kappa shape index (κ3) is 3.90. The first kappa shape index (κ1) is 17.0. The molecule has 6 nitrogen and oxygen atoms in total. The highest BCUT2D eigenvalue weighted by Crippen LogP contribution is 2.19. The maximum atomic E-state index is 12.2. The minimum absolute atomic E-state index is 0.233. The van der Waals surface area contributed by atoms with Crippen LogP contribution in [0.4, 0.5) is 5.69 Å². The van der Waals surface area contributed by atoms with E-state index < -0.39 is 18.0 Å². The Morgan fingerprint density at radius 2 is 1.79 bits per heavy atom. The molecule has 24 heavy (non-hydrogen) atoms. The number of benzene rings is 2. The van der Waals surface area contributed by atoms with E-state index in [4.69, 9.17) is 14.7 Å². The van der Waals surface area contributed by atoms with Crippen LogP contribution in [0, 0.1) is 11.3 Å². The molecule has 0 aliphatic rings. The number of anilines is 1. The normalized spacial score (nSPS) is 11.0. The van der Waals surface area contributed by atoms with Gasteiger partial charge in [-0.3, -0.25) is 4.79 Å². The molecule has 0 saturated carbocycles. The highest BCUT2D eigenvalue weighted by molar-refractivity contribution is 5.98. The van der Waals surface area contributed by atoms with Crippen LogP contribution in [0.5, 0.6) is 5.75 Å². The van der Waals surface area contributed by atoms with Crippen molar-refractivity contribution in [2.24, 2.45) is 0 Å². The van der Waals surface area contributed by atoms with E-state index in [9.17, 15) is 9.59 Å². The van der Waals surface area contributed by atoms with Gasteiger partial charge in [0.05, 0.1) is 18.4 Å². The summed E-state index contributed by atoms with van der Waals surface area (Å²) < 4.78 is 10.3. The van der Waals surface area contributed by atoms with E-state index in [1.807, 2.05) is 6.07 Å². The average Bonchev–Trinajstić information content (AvgIpc) is 2.61. The van der Waals surface area contributed by atoms with E-state index >= 15 is 0 Å². The summed E-state index contributed by atoms with van der Waals surface area (Å²) in [6.45, 7) is 1.46. The van der Waals surface area contributed by atoms with Crippen molar-refractivity contribution in [1.82, 2.24) is 0 Å². The molecule has 0 saturated heterocycles. The molecule has 6 heteroatoms. The Kier molecular flexibility index (Phi) is 5.53. The predicted octanol–water partition coefficient (Wildman–Crippen LogP) is 2.75. The fraction of sp³-hybridized carbons (Fsp3) is 0.167. The Hall–Kier alpha value is -3.33. The number of nitriles is 1. The molecule has 0 bridgehead atoms. The molecule has 0 aliphatic carbocycles. The maximum Gasteiger partial charge on any atom is 0.342 e. The van der Waals surface area contributed by atoms with Gasteiger partial charge in [-0.2, -0.15) is 5.26 Å². The lowest BCUT2D eigenvalue weighted by molar-refractivity contribution is -0.123. The Bertz CT molecular complexity index is 796. The van der Waals surface area contributed by atoms with E-state index in [1.54, 1.807) is 48.5 Å². The lowest BCUT2D eigenvalue weighted by Crippen LogP contribution is -2.30. The van der Waals surface area contributed by atoms with Gasteiger partial charge in [0.25, 0.3) is 5.91 Å². The number of ether oxygens (including phenoxy) is 2. The van der Waals surface area contributed by atoms with Crippen molar-refractivity contribution >= 4 is 17.6 Å². The number of amides is 1. The van der Waals surface area contributed by atoms with E-state index in [1.165, 1.54) is 14.0 Å². The van der Waals surface area contributed by atoms with Crippen LogP contribution in [0.15, 0.2) is 48.5 Å². The number of methoxy groups -OCH3 is 1. The number of carbonyl (C=O) groups excluding carboxylic acids is 2. The summed E-state index contributed by atoms with van der Waals surface area (Å²) in [5, 5.41) is 11.6. The Morgan fingerprint density at radius 3 is 2.50 bits per heavy atom. The minimum atomic E-state index is -1.03. The molecule has 0 fully saturated rings. The second kappa shape index (κ2) is 7.79. The molecule has 0 radical (unpaired) electrons. The van der Waals surface area contributed by atoms with Crippen LogP contribution < -0.4 is 10.1 Å². The largest absolute Gasteiger partial charge is 0.496 e. The Labute approximate surface area is 139 Å². The van der Waals surface area contributed by atoms with Gasteiger partial charge >= 0.3 is 5.97 Å². The summed E-state index contributed by atoms with van der Waals surface area (Å²) in [6, 6.07) is 15.1. The van der Waals surface area contributed by atoms with Crippen molar-refractivity contribution < 1.29 is 19.1 Å². The van der Waals surface area contributed by atoms with Gasteiger partial charge in [0.1, 0.15) is 17.4 Å². The van der Waals surface area contributed by atoms with E-state index in [0.717, 1.165) is 0 Å². The zero-order valence-electron chi connectivity index (χ0n) is 13.3. The molecule has 2 rings (SSSR count). The third-order valence-electron chi connectivity index (χ3n) is 3.29. The summed E-state index contributed by atoms with van der Waals surface area (Å²) in [7, 11) is 1.45. The van der Waals surface area contributed by atoms with Gasteiger partial charge in [-0.15, -0.1) is 0 Å². The molecule has 1 N–H and O–H groups in total. The molecule has 0 unspecified atom stereocenters. The first-order valence-corrected chi connectivity index (χ1v) is 7.20. The number of carbonyl (C=O) groups is 2. The summed E-state index contributed by atoms with van der Waals surface area (Å²) in [6.07, 6.45) is -1.03. The lowest BCUT2D eigenvalue weighted by Gasteiger charge is -2.15. The molecule has 0 aliphatic heterocycles. The van der Waals surface area contributed by atoms with E-state index in [-0.39, 0.29) is 5.56 Å². The molecule has 1 amide bonds. The molecule has 0 heterocycles. The molecular formula is C18H16N2O4. The summed E-state index contributed by atoms with van der Waals surface area (Å²) in [5.41, 5.74) is 0.927. The minimum Gasteiger partial charge on any atom is -0.496 e. The topological polar surface area (TPSA) is 88.4 Å². The second-order valence-corrected chi connectivity index (χ2v) is 4.89. The van der Waals surface area contributed by atoms with Crippen LogP contribution in [0.1, 0.15) is 22.8 Å². The molecule has 122 valence electrons. The number of rotatable bonds is 5. The van der Waals surface area contributed by atoms with Crippen LogP contribution in [-0.4, -0.2) is 25.1 Å². The van der Waals surface area contributed by atoms with Gasteiger partial charge in [-0.1, -0.05) is 24.3 Å². The predicted molar refractivity (Wildman–Crippen MR) is 87.7 cm³/mol. The van der Waals surface area contributed by atoms with Gasteiger partial charge in [-0.05, 0) is 31.2 Å². The van der Waals surface area contributed by atoms with Crippen molar-refractivity contribution in [3.05, 3.63) is 59.7 Å². The molecule has 0 aromatic heterocycles. The van der Waals surface area contributed by atoms with E-state index in [2.05, 4.69) is 5.32 Å². The first-order valence-electron chi connectivity index (χ1n) is 7.20. The fourth-order valence-electron chi connectivity index (χ4n) is 2.01. The van der Waals surface area contributed by atoms with Crippen molar-refractivity contribution in [2.45, 2.75) is 13.0 Å². The smallest absolute Gasteiger partial charge is 0.342 e. The lowest BCUT2D eigenvalue weighted by atomic mass is 10.2. The van der Waals surface area contributed by atoms with Crippen LogP contribution in [0.25, 0.3) is 0 Å². The van der Waals surface area contributed by atoms with Crippen molar-refractivity contribution in [3.63, 3.8) is 0 Å². The Balaban J connectivity index is 2.06. The number of nitrogens with one attached hydrogen (secondary N) is 1.